The molecule has 4 N–H and O–H groups in total. The highest BCUT2D eigenvalue weighted by Gasteiger charge is 2.25. The molecular weight excluding hydrogens is 232 g/mol. The second-order valence-electron chi connectivity index (χ2n) is 4.46. The Morgan fingerprint density at radius 2 is 2.39 bits per heavy atom. The number of hydrogen-bond acceptors (Lipinski definition) is 4. The van der Waals surface area contributed by atoms with Gasteiger partial charge in [0.05, 0.1) is 6.54 Å². The third-order valence-electron chi connectivity index (χ3n) is 3.21. The van der Waals surface area contributed by atoms with Crippen molar-refractivity contribution in [1.29, 1.82) is 0 Å². The fourth-order valence-electron chi connectivity index (χ4n) is 2.26. The van der Waals surface area contributed by atoms with Crippen LogP contribution in [0.1, 0.15) is 23.3 Å². The number of nitrogens with zero attached hydrogens (tertiary/aromatic N) is 1. The molecule has 1 aromatic rings. The molecule has 2 heterocycles. The minimum absolute atomic E-state index is 0.230. The lowest BCUT2D eigenvalue weighted by Crippen LogP contribution is -2.44. The minimum atomic E-state index is -0.395. The minimum Gasteiger partial charge on any atom is -0.357 e. The summed E-state index contributed by atoms with van der Waals surface area (Å²) in [5.74, 6) is -0.677. The number of aromatic amines is 1. The van der Waals surface area contributed by atoms with Crippen LogP contribution in [0.4, 0.5) is 0 Å². The monoisotopic (exact) mass is 250 g/mol. The van der Waals surface area contributed by atoms with Gasteiger partial charge in [-0.1, -0.05) is 0 Å². The van der Waals surface area contributed by atoms with Crippen molar-refractivity contribution in [1.82, 2.24) is 15.2 Å². The molecule has 6 nitrogen and oxygen atoms in total. The second kappa shape index (κ2) is 5.79. The average molecular weight is 250 g/mol. The van der Waals surface area contributed by atoms with Gasteiger partial charge in [0.15, 0.2) is 0 Å². The summed E-state index contributed by atoms with van der Waals surface area (Å²) in [6.45, 7) is 1.65. The molecule has 1 saturated heterocycles. The summed E-state index contributed by atoms with van der Waals surface area (Å²) in [7, 11) is 0. The lowest BCUT2D eigenvalue weighted by Gasteiger charge is -2.21. The van der Waals surface area contributed by atoms with Crippen LogP contribution in [0.2, 0.25) is 0 Å². The zero-order valence-corrected chi connectivity index (χ0v) is 10.2. The van der Waals surface area contributed by atoms with Crippen molar-refractivity contribution in [2.75, 3.05) is 19.6 Å². The molecule has 0 aliphatic carbocycles. The summed E-state index contributed by atoms with van der Waals surface area (Å²) in [5.41, 5.74) is 6.02. The van der Waals surface area contributed by atoms with E-state index < -0.39 is 5.91 Å². The van der Waals surface area contributed by atoms with E-state index in [9.17, 15) is 9.59 Å². The maximum Gasteiger partial charge on any atom is 0.274 e. The quantitative estimate of drug-likeness (QED) is 0.684. The average Bonchev–Trinajstić information content (AvgIpc) is 2.98. The molecule has 18 heavy (non-hydrogen) atoms. The smallest absolute Gasteiger partial charge is 0.274 e. The molecule has 0 spiro atoms. The maximum absolute atomic E-state index is 11.7. The SMILES string of the molecule is NCC1CCCN1CC(=O)NC(=O)c1ccc[nH]1. The molecule has 1 atom stereocenters. The predicted molar refractivity (Wildman–Crippen MR) is 66.9 cm³/mol. The Morgan fingerprint density at radius 3 is 3.06 bits per heavy atom. The van der Waals surface area contributed by atoms with Crippen molar-refractivity contribution >= 4 is 11.8 Å². The van der Waals surface area contributed by atoms with Crippen LogP contribution in [-0.2, 0) is 4.79 Å². The Bertz CT molecular complexity index is 416. The molecule has 0 aromatic carbocycles. The first-order chi connectivity index (χ1) is 8.70. The first-order valence-corrected chi connectivity index (χ1v) is 6.12. The number of nitrogens with two attached hydrogens (primary N) is 1. The van der Waals surface area contributed by atoms with E-state index in [4.69, 9.17) is 5.73 Å². The fourth-order valence-corrected chi connectivity index (χ4v) is 2.26. The first kappa shape index (κ1) is 12.8. The molecule has 0 saturated carbocycles. The van der Waals surface area contributed by atoms with Gasteiger partial charge in [-0.05, 0) is 31.5 Å². The molecule has 1 unspecified atom stereocenters. The van der Waals surface area contributed by atoms with Gasteiger partial charge in [0, 0.05) is 18.8 Å². The van der Waals surface area contributed by atoms with Crippen LogP contribution in [0.15, 0.2) is 18.3 Å². The zero-order valence-electron chi connectivity index (χ0n) is 10.2. The molecule has 98 valence electrons. The molecule has 2 rings (SSSR count). The van der Waals surface area contributed by atoms with Crippen molar-refractivity contribution in [3.8, 4) is 0 Å². The molecule has 6 heteroatoms. The van der Waals surface area contributed by atoms with Gasteiger partial charge in [-0.25, -0.2) is 0 Å². The highest BCUT2D eigenvalue weighted by molar-refractivity contribution is 6.04. The third kappa shape index (κ3) is 2.96. The molecule has 0 radical (unpaired) electrons. The number of H-pyrrole nitrogens is 1. The highest BCUT2D eigenvalue weighted by Crippen LogP contribution is 2.15. The number of nitrogens with one attached hydrogen (secondary N) is 2. The van der Waals surface area contributed by atoms with Gasteiger partial charge in [-0.3, -0.25) is 19.8 Å². The van der Waals surface area contributed by atoms with E-state index in [0.717, 1.165) is 19.4 Å². The van der Waals surface area contributed by atoms with Gasteiger partial charge >= 0.3 is 0 Å². The first-order valence-electron chi connectivity index (χ1n) is 6.12. The van der Waals surface area contributed by atoms with Crippen molar-refractivity contribution in [2.24, 2.45) is 5.73 Å². The van der Waals surface area contributed by atoms with Gasteiger partial charge in [0.2, 0.25) is 5.91 Å². The lowest BCUT2D eigenvalue weighted by molar-refractivity contribution is -0.121. The van der Waals surface area contributed by atoms with Gasteiger partial charge < -0.3 is 10.7 Å². The Balaban J connectivity index is 1.83. The number of aromatic nitrogens is 1. The van der Waals surface area contributed by atoms with E-state index in [2.05, 4.69) is 10.3 Å². The summed E-state index contributed by atoms with van der Waals surface area (Å²) in [4.78, 5) is 28.2. The van der Waals surface area contributed by atoms with Crippen LogP contribution in [0.3, 0.4) is 0 Å². The Morgan fingerprint density at radius 1 is 1.56 bits per heavy atom. The summed E-state index contributed by atoms with van der Waals surface area (Å²) in [6, 6.07) is 3.60. The Labute approximate surface area is 106 Å². The summed E-state index contributed by atoms with van der Waals surface area (Å²) in [5, 5.41) is 2.36. The largest absolute Gasteiger partial charge is 0.357 e. The number of carbonyl (C=O) groups excluding carboxylic acids is 2. The molecular formula is C12H18N4O2. The van der Waals surface area contributed by atoms with Crippen molar-refractivity contribution < 1.29 is 9.59 Å². The third-order valence-corrected chi connectivity index (χ3v) is 3.21. The topological polar surface area (TPSA) is 91.2 Å². The van der Waals surface area contributed by atoms with Crippen LogP contribution in [0.25, 0.3) is 0 Å². The van der Waals surface area contributed by atoms with Crippen LogP contribution in [-0.4, -0.2) is 47.4 Å². The van der Waals surface area contributed by atoms with Gasteiger partial charge in [0.1, 0.15) is 5.69 Å². The molecule has 2 amide bonds. The van der Waals surface area contributed by atoms with E-state index >= 15 is 0 Å². The number of imide groups is 1. The van der Waals surface area contributed by atoms with E-state index in [0.29, 0.717) is 12.2 Å². The molecule has 1 aliphatic rings. The van der Waals surface area contributed by atoms with E-state index in [1.54, 1.807) is 18.3 Å². The number of rotatable bonds is 4. The van der Waals surface area contributed by atoms with Gasteiger partial charge in [-0.15, -0.1) is 0 Å². The number of likely N-dealkylation sites (tertiary alicyclic amines) is 1. The van der Waals surface area contributed by atoms with E-state index in [1.165, 1.54) is 0 Å². The Kier molecular flexibility index (Phi) is 4.11. The Hall–Kier alpha value is -1.66. The highest BCUT2D eigenvalue weighted by atomic mass is 16.2. The lowest BCUT2D eigenvalue weighted by atomic mass is 10.2. The molecule has 1 aromatic heterocycles. The summed E-state index contributed by atoms with van der Waals surface area (Å²) >= 11 is 0. The number of hydrogen-bond donors (Lipinski definition) is 3. The number of amides is 2. The van der Waals surface area contributed by atoms with E-state index in [-0.39, 0.29) is 18.5 Å². The van der Waals surface area contributed by atoms with Gasteiger partial charge in [-0.2, -0.15) is 0 Å². The standard InChI is InChI=1S/C12H18N4O2/c13-7-9-3-2-6-16(9)8-11(17)15-12(18)10-4-1-5-14-10/h1,4-5,9,14H,2-3,6-8,13H2,(H,15,17,18). The van der Waals surface area contributed by atoms with Crippen molar-refractivity contribution in [3.63, 3.8) is 0 Å². The van der Waals surface area contributed by atoms with Gasteiger partial charge in [0.25, 0.3) is 5.91 Å². The number of carbonyl (C=O) groups is 2. The van der Waals surface area contributed by atoms with Crippen molar-refractivity contribution in [2.45, 2.75) is 18.9 Å². The molecule has 1 aliphatic heterocycles. The predicted octanol–water partition coefficient (Wildman–Crippen LogP) is -0.306. The molecule has 1 fully saturated rings. The zero-order chi connectivity index (χ0) is 13.0. The second-order valence-corrected chi connectivity index (χ2v) is 4.46. The maximum atomic E-state index is 11.7. The van der Waals surface area contributed by atoms with Crippen LogP contribution in [0.5, 0.6) is 0 Å². The normalized spacial score (nSPS) is 19.9. The summed E-state index contributed by atoms with van der Waals surface area (Å²) < 4.78 is 0. The van der Waals surface area contributed by atoms with Crippen molar-refractivity contribution in [3.05, 3.63) is 24.0 Å². The van der Waals surface area contributed by atoms with Crippen LogP contribution in [0, 0.1) is 0 Å². The van der Waals surface area contributed by atoms with E-state index in [1.807, 2.05) is 4.90 Å². The summed E-state index contributed by atoms with van der Waals surface area (Å²) in [6.07, 6.45) is 3.72. The van der Waals surface area contributed by atoms with Crippen LogP contribution < -0.4 is 11.1 Å². The fraction of sp³-hybridized carbons (Fsp3) is 0.500. The molecule has 0 bridgehead atoms. The van der Waals surface area contributed by atoms with Crippen LogP contribution >= 0.6 is 0 Å².